The number of aryl methyl sites for hydroxylation is 1. The molecule has 0 amide bonds. The van der Waals surface area contributed by atoms with Crippen molar-refractivity contribution in [2.24, 2.45) is 0 Å². The van der Waals surface area contributed by atoms with Crippen LogP contribution >= 0.6 is 0 Å². The van der Waals surface area contributed by atoms with Crippen molar-refractivity contribution in [3.05, 3.63) is 114 Å². The fourth-order valence-corrected chi connectivity index (χ4v) is 6.32. The number of para-hydroxylation sites is 1. The molecule has 0 N–H and O–H groups in total. The van der Waals surface area contributed by atoms with Crippen LogP contribution in [0.4, 0.5) is 17.1 Å². The van der Waals surface area contributed by atoms with Gasteiger partial charge in [0, 0.05) is 22.5 Å². The van der Waals surface area contributed by atoms with E-state index in [2.05, 4.69) is 123 Å². The quantitative estimate of drug-likeness (QED) is 0.190. The van der Waals surface area contributed by atoms with Crippen molar-refractivity contribution in [3.8, 4) is 11.1 Å². The lowest BCUT2D eigenvalue weighted by Gasteiger charge is -2.34. The number of benzene rings is 4. The summed E-state index contributed by atoms with van der Waals surface area (Å²) in [6.07, 6.45) is 10.1. The van der Waals surface area contributed by atoms with Gasteiger partial charge in [-0.3, -0.25) is 0 Å². The molecule has 1 nitrogen and oxygen atoms in total. The predicted octanol–water partition coefficient (Wildman–Crippen LogP) is 10.9. The lowest BCUT2D eigenvalue weighted by atomic mass is 9.70. The van der Waals surface area contributed by atoms with Gasteiger partial charge in [0.1, 0.15) is 0 Å². The zero-order valence-electron chi connectivity index (χ0n) is 22.8. The fraction of sp³-hybridized carbons (Fsp3) is 0.333. The third-order valence-electron chi connectivity index (χ3n) is 8.23. The Balaban J connectivity index is 1.67. The Morgan fingerprint density at radius 2 is 1.11 bits per heavy atom. The van der Waals surface area contributed by atoms with E-state index in [1.165, 1.54) is 90.7 Å². The Kier molecular flexibility index (Phi) is 7.79. The monoisotopic (exact) mass is 487 g/mol. The Morgan fingerprint density at radius 3 is 1.78 bits per heavy atom. The van der Waals surface area contributed by atoms with E-state index in [9.17, 15) is 0 Å². The maximum absolute atomic E-state index is 2.53. The second kappa shape index (κ2) is 11.4. The standard InChI is InChI=1S/C36H41N/c1-4-6-13-25-36(26-14-7-5-2)34-18-12-11-17-32(34)33-24-23-31(27-35(33)36)37(29-15-9-8-10-16-29)30-21-19-28(3)20-22-30/h8-12,15-24,27H,4-7,13-14,25-26H2,1-3H3. The smallest absolute Gasteiger partial charge is 0.0465 e. The molecule has 37 heavy (non-hydrogen) atoms. The van der Waals surface area contributed by atoms with Crippen LogP contribution < -0.4 is 4.90 Å². The van der Waals surface area contributed by atoms with Crippen LogP contribution in [-0.4, -0.2) is 0 Å². The van der Waals surface area contributed by atoms with Gasteiger partial charge in [0.15, 0.2) is 0 Å². The highest BCUT2D eigenvalue weighted by Crippen LogP contribution is 2.55. The molecule has 0 spiro atoms. The molecule has 4 aromatic rings. The van der Waals surface area contributed by atoms with Gasteiger partial charge in [-0.2, -0.15) is 0 Å². The van der Waals surface area contributed by atoms with Gasteiger partial charge in [-0.05, 0) is 78.4 Å². The number of nitrogens with zero attached hydrogens (tertiary/aromatic N) is 1. The largest absolute Gasteiger partial charge is 0.310 e. The van der Waals surface area contributed by atoms with Gasteiger partial charge in [0.25, 0.3) is 0 Å². The molecule has 0 saturated carbocycles. The molecular formula is C36H41N. The topological polar surface area (TPSA) is 3.24 Å². The summed E-state index contributed by atoms with van der Waals surface area (Å²) in [4.78, 5) is 2.42. The molecule has 1 aliphatic carbocycles. The number of unbranched alkanes of at least 4 members (excludes halogenated alkanes) is 4. The van der Waals surface area contributed by atoms with Crippen LogP contribution in [-0.2, 0) is 5.41 Å². The lowest BCUT2D eigenvalue weighted by molar-refractivity contribution is 0.405. The zero-order chi connectivity index (χ0) is 25.7. The highest BCUT2D eigenvalue weighted by molar-refractivity contribution is 5.85. The first-order valence-electron chi connectivity index (χ1n) is 14.3. The van der Waals surface area contributed by atoms with E-state index in [1.807, 2.05) is 0 Å². The van der Waals surface area contributed by atoms with Crippen molar-refractivity contribution >= 4 is 17.1 Å². The highest BCUT2D eigenvalue weighted by Gasteiger charge is 2.42. The molecule has 0 aromatic heterocycles. The highest BCUT2D eigenvalue weighted by atomic mass is 15.1. The van der Waals surface area contributed by atoms with Crippen LogP contribution in [0.3, 0.4) is 0 Å². The van der Waals surface area contributed by atoms with E-state index in [0.717, 1.165) is 0 Å². The number of anilines is 3. The van der Waals surface area contributed by atoms with Crippen LogP contribution in [0.25, 0.3) is 11.1 Å². The van der Waals surface area contributed by atoms with Crippen LogP contribution in [0.1, 0.15) is 81.9 Å². The minimum absolute atomic E-state index is 0.0991. The molecule has 0 bridgehead atoms. The van der Waals surface area contributed by atoms with Crippen molar-refractivity contribution in [1.82, 2.24) is 0 Å². The number of hydrogen-bond donors (Lipinski definition) is 0. The lowest BCUT2D eigenvalue weighted by Crippen LogP contribution is -2.26. The van der Waals surface area contributed by atoms with Crippen molar-refractivity contribution in [2.45, 2.75) is 77.6 Å². The van der Waals surface area contributed by atoms with Gasteiger partial charge in [0.2, 0.25) is 0 Å². The minimum Gasteiger partial charge on any atom is -0.310 e. The Bertz CT molecular complexity index is 1290. The summed E-state index contributed by atoms with van der Waals surface area (Å²) in [6, 6.07) is 36.2. The summed E-state index contributed by atoms with van der Waals surface area (Å²) < 4.78 is 0. The number of hydrogen-bond acceptors (Lipinski definition) is 1. The van der Waals surface area contributed by atoms with Gasteiger partial charge in [-0.1, -0.05) is 119 Å². The zero-order valence-corrected chi connectivity index (χ0v) is 22.8. The average Bonchev–Trinajstić information content (AvgIpc) is 3.20. The molecule has 190 valence electrons. The van der Waals surface area contributed by atoms with Crippen molar-refractivity contribution in [2.75, 3.05) is 4.90 Å². The first kappa shape index (κ1) is 25.3. The first-order chi connectivity index (χ1) is 18.2. The van der Waals surface area contributed by atoms with Gasteiger partial charge < -0.3 is 4.90 Å². The Morgan fingerprint density at radius 1 is 0.541 bits per heavy atom. The van der Waals surface area contributed by atoms with Gasteiger partial charge >= 0.3 is 0 Å². The Hall–Kier alpha value is -3.32. The van der Waals surface area contributed by atoms with Crippen LogP contribution in [0.2, 0.25) is 0 Å². The van der Waals surface area contributed by atoms with E-state index in [1.54, 1.807) is 5.56 Å². The molecule has 0 radical (unpaired) electrons. The predicted molar refractivity (Wildman–Crippen MR) is 160 cm³/mol. The van der Waals surface area contributed by atoms with E-state index >= 15 is 0 Å². The van der Waals surface area contributed by atoms with Crippen LogP contribution in [0.15, 0.2) is 97.1 Å². The molecule has 4 aromatic carbocycles. The van der Waals surface area contributed by atoms with E-state index < -0.39 is 0 Å². The minimum atomic E-state index is 0.0991. The van der Waals surface area contributed by atoms with E-state index in [0.29, 0.717) is 0 Å². The van der Waals surface area contributed by atoms with Gasteiger partial charge in [-0.25, -0.2) is 0 Å². The van der Waals surface area contributed by atoms with E-state index in [4.69, 9.17) is 0 Å². The molecule has 0 atom stereocenters. The third-order valence-corrected chi connectivity index (χ3v) is 8.23. The Labute approximate surface area is 224 Å². The number of rotatable bonds is 11. The average molecular weight is 488 g/mol. The van der Waals surface area contributed by atoms with Crippen LogP contribution in [0, 0.1) is 6.92 Å². The first-order valence-corrected chi connectivity index (χ1v) is 14.3. The van der Waals surface area contributed by atoms with Gasteiger partial charge in [-0.15, -0.1) is 0 Å². The van der Waals surface area contributed by atoms with Crippen LogP contribution in [0.5, 0.6) is 0 Å². The second-order valence-corrected chi connectivity index (χ2v) is 10.8. The molecule has 5 rings (SSSR count). The fourth-order valence-electron chi connectivity index (χ4n) is 6.32. The van der Waals surface area contributed by atoms with Gasteiger partial charge in [0.05, 0.1) is 0 Å². The SMILES string of the molecule is CCCCCC1(CCCCC)c2ccccc2-c2ccc(N(c3ccccc3)c3ccc(C)cc3)cc21. The van der Waals surface area contributed by atoms with Crippen molar-refractivity contribution in [3.63, 3.8) is 0 Å². The van der Waals surface area contributed by atoms with E-state index in [-0.39, 0.29) is 5.41 Å². The number of fused-ring (bicyclic) bond motifs is 3. The van der Waals surface area contributed by atoms with Crippen molar-refractivity contribution in [1.29, 1.82) is 0 Å². The molecule has 1 heteroatoms. The summed E-state index contributed by atoms with van der Waals surface area (Å²) in [6.45, 7) is 6.79. The molecule has 0 fully saturated rings. The molecular weight excluding hydrogens is 446 g/mol. The molecule has 0 heterocycles. The molecule has 0 aliphatic heterocycles. The normalized spacial score (nSPS) is 13.3. The maximum atomic E-state index is 2.53. The van der Waals surface area contributed by atoms with Crippen molar-refractivity contribution < 1.29 is 0 Å². The second-order valence-electron chi connectivity index (χ2n) is 10.8. The molecule has 0 unspecified atom stereocenters. The summed E-state index contributed by atoms with van der Waals surface area (Å²) in [5.41, 5.74) is 11.0. The summed E-state index contributed by atoms with van der Waals surface area (Å²) in [5, 5.41) is 0. The summed E-state index contributed by atoms with van der Waals surface area (Å²) >= 11 is 0. The summed E-state index contributed by atoms with van der Waals surface area (Å²) in [7, 11) is 0. The molecule has 0 saturated heterocycles. The summed E-state index contributed by atoms with van der Waals surface area (Å²) in [5.74, 6) is 0. The third kappa shape index (κ3) is 4.97. The molecule has 1 aliphatic rings. The maximum Gasteiger partial charge on any atom is 0.0465 e.